The van der Waals surface area contributed by atoms with Crippen LogP contribution in [0.3, 0.4) is 0 Å². The first-order valence-electron chi connectivity index (χ1n) is 9.49. The molecule has 0 aliphatic heterocycles. The Morgan fingerprint density at radius 1 is 1.24 bits per heavy atom. The number of aryl methyl sites for hydroxylation is 1. The Hall–Kier alpha value is -2.87. The molecule has 2 aromatic heterocycles. The summed E-state index contributed by atoms with van der Waals surface area (Å²) in [6, 6.07) is 9.51. The summed E-state index contributed by atoms with van der Waals surface area (Å²) in [4.78, 5) is 16.8. The number of nitrogens with zero attached hydrogens (tertiary/aromatic N) is 4. The third-order valence-corrected chi connectivity index (χ3v) is 5.45. The maximum atomic E-state index is 12.8. The molecule has 1 atom stereocenters. The van der Waals surface area contributed by atoms with Gasteiger partial charge in [0, 0.05) is 24.5 Å². The summed E-state index contributed by atoms with van der Waals surface area (Å²) >= 11 is 1.39. The molecule has 1 amide bonds. The number of rotatable bonds is 8. The first-order chi connectivity index (χ1) is 14.0. The van der Waals surface area contributed by atoms with Crippen LogP contribution in [-0.4, -0.2) is 38.0 Å². The summed E-state index contributed by atoms with van der Waals surface area (Å²) in [5.41, 5.74) is 2.66. The second kappa shape index (κ2) is 9.56. The molecular weight excluding hydrogens is 386 g/mol. The van der Waals surface area contributed by atoms with Crippen molar-refractivity contribution in [3.05, 3.63) is 48.3 Å². The molecule has 29 heavy (non-hydrogen) atoms. The molecule has 0 aliphatic rings. The van der Waals surface area contributed by atoms with E-state index in [1.165, 1.54) is 11.8 Å². The topological polar surface area (TPSA) is 81.9 Å². The number of hydrogen-bond acceptors (Lipinski definition) is 6. The lowest BCUT2D eigenvalue weighted by Gasteiger charge is -2.15. The number of aromatic nitrogens is 4. The van der Waals surface area contributed by atoms with Crippen molar-refractivity contribution in [2.45, 2.75) is 44.1 Å². The zero-order chi connectivity index (χ0) is 20.8. The van der Waals surface area contributed by atoms with E-state index in [4.69, 9.17) is 4.74 Å². The average molecular weight is 412 g/mol. The Balaban J connectivity index is 1.78. The molecule has 0 saturated heterocycles. The van der Waals surface area contributed by atoms with Crippen molar-refractivity contribution < 1.29 is 9.53 Å². The molecule has 0 spiro atoms. The number of carbonyl (C=O) groups excluding carboxylic acids is 1. The molecule has 0 bridgehead atoms. The standard InChI is InChI=1S/C21H25N5O2S/c1-5-12-26-19(16-8-10-22-11-9-16)24-25-21(26)29-15(3)20(27)23-17-13-14(2)6-7-18(17)28-4/h6-11,13,15H,5,12H2,1-4H3,(H,23,27)/t15-/m1/s1. The summed E-state index contributed by atoms with van der Waals surface area (Å²) in [6.45, 7) is 6.71. The number of hydrogen-bond donors (Lipinski definition) is 1. The molecule has 8 heteroatoms. The van der Waals surface area contributed by atoms with Crippen LogP contribution in [-0.2, 0) is 11.3 Å². The monoisotopic (exact) mass is 411 g/mol. The summed E-state index contributed by atoms with van der Waals surface area (Å²) in [7, 11) is 1.59. The van der Waals surface area contributed by atoms with E-state index >= 15 is 0 Å². The van der Waals surface area contributed by atoms with Gasteiger partial charge in [-0.2, -0.15) is 0 Å². The fourth-order valence-corrected chi connectivity index (χ4v) is 3.76. The maximum Gasteiger partial charge on any atom is 0.237 e. The molecule has 0 saturated carbocycles. The molecule has 0 unspecified atom stereocenters. The molecule has 3 aromatic rings. The molecule has 1 aromatic carbocycles. The van der Waals surface area contributed by atoms with E-state index in [1.807, 2.05) is 44.2 Å². The van der Waals surface area contributed by atoms with Crippen molar-refractivity contribution >= 4 is 23.4 Å². The number of pyridine rings is 1. The van der Waals surface area contributed by atoms with Gasteiger partial charge in [0.1, 0.15) is 5.75 Å². The van der Waals surface area contributed by atoms with Crippen molar-refractivity contribution in [1.82, 2.24) is 19.7 Å². The molecule has 7 nitrogen and oxygen atoms in total. The van der Waals surface area contributed by atoms with E-state index in [9.17, 15) is 4.79 Å². The Labute approximate surface area is 174 Å². The molecule has 3 rings (SSSR count). The number of amides is 1. The van der Waals surface area contributed by atoms with Gasteiger partial charge in [-0.1, -0.05) is 24.8 Å². The summed E-state index contributed by atoms with van der Waals surface area (Å²) < 4.78 is 7.40. The van der Waals surface area contributed by atoms with Gasteiger partial charge in [0.2, 0.25) is 5.91 Å². The molecule has 152 valence electrons. The van der Waals surface area contributed by atoms with E-state index in [-0.39, 0.29) is 11.2 Å². The van der Waals surface area contributed by atoms with Gasteiger partial charge in [0.15, 0.2) is 11.0 Å². The second-order valence-corrected chi connectivity index (χ2v) is 7.95. The Morgan fingerprint density at radius 2 is 2.00 bits per heavy atom. The van der Waals surface area contributed by atoms with Gasteiger partial charge in [-0.3, -0.25) is 9.78 Å². The highest BCUT2D eigenvalue weighted by molar-refractivity contribution is 8.00. The van der Waals surface area contributed by atoms with E-state index in [2.05, 4.69) is 32.0 Å². The maximum absolute atomic E-state index is 12.8. The lowest BCUT2D eigenvalue weighted by Crippen LogP contribution is -2.23. The molecule has 2 heterocycles. The van der Waals surface area contributed by atoms with Crippen LogP contribution in [0.15, 0.2) is 47.9 Å². The van der Waals surface area contributed by atoms with Crippen molar-refractivity contribution in [2.24, 2.45) is 0 Å². The SMILES string of the molecule is CCCn1c(S[C@H](C)C(=O)Nc2cc(C)ccc2OC)nnc1-c1ccncc1. The van der Waals surface area contributed by atoms with Gasteiger partial charge in [0.05, 0.1) is 18.0 Å². The molecule has 0 aliphatic carbocycles. The van der Waals surface area contributed by atoms with Crippen LogP contribution in [0.25, 0.3) is 11.4 Å². The van der Waals surface area contributed by atoms with Crippen LogP contribution in [0.2, 0.25) is 0 Å². The third kappa shape index (κ3) is 4.95. The summed E-state index contributed by atoms with van der Waals surface area (Å²) in [5, 5.41) is 12.0. The lowest BCUT2D eigenvalue weighted by atomic mass is 10.2. The van der Waals surface area contributed by atoms with Crippen molar-refractivity contribution in [3.63, 3.8) is 0 Å². The van der Waals surface area contributed by atoms with Crippen molar-refractivity contribution in [1.29, 1.82) is 0 Å². The van der Waals surface area contributed by atoms with Crippen LogP contribution >= 0.6 is 11.8 Å². The average Bonchev–Trinajstić information content (AvgIpc) is 3.11. The predicted octanol–water partition coefficient (Wildman–Crippen LogP) is 4.19. The third-order valence-electron chi connectivity index (χ3n) is 4.37. The highest BCUT2D eigenvalue weighted by atomic mass is 32.2. The van der Waals surface area contributed by atoms with Crippen molar-refractivity contribution in [2.75, 3.05) is 12.4 Å². The van der Waals surface area contributed by atoms with Gasteiger partial charge in [0.25, 0.3) is 0 Å². The zero-order valence-electron chi connectivity index (χ0n) is 17.0. The van der Waals surface area contributed by atoms with Gasteiger partial charge >= 0.3 is 0 Å². The Bertz CT molecular complexity index is 974. The largest absolute Gasteiger partial charge is 0.495 e. The van der Waals surface area contributed by atoms with Gasteiger partial charge in [-0.15, -0.1) is 10.2 Å². The minimum Gasteiger partial charge on any atom is -0.495 e. The first kappa shape index (κ1) is 20.9. The Morgan fingerprint density at radius 3 is 2.69 bits per heavy atom. The van der Waals surface area contributed by atoms with Gasteiger partial charge in [-0.05, 0) is 50.1 Å². The fraction of sp³-hybridized carbons (Fsp3) is 0.333. The highest BCUT2D eigenvalue weighted by Gasteiger charge is 2.21. The summed E-state index contributed by atoms with van der Waals surface area (Å²) in [6.07, 6.45) is 4.40. The smallest absolute Gasteiger partial charge is 0.237 e. The molecule has 0 radical (unpaired) electrons. The van der Waals surface area contributed by atoms with Crippen LogP contribution in [0.5, 0.6) is 5.75 Å². The number of carbonyl (C=O) groups is 1. The van der Waals surface area contributed by atoms with Crippen LogP contribution in [0.1, 0.15) is 25.8 Å². The molecule has 0 fully saturated rings. The quantitative estimate of drug-likeness (QED) is 0.560. The number of methoxy groups -OCH3 is 1. The van der Waals surface area contributed by atoms with Crippen LogP contribution < -0.4 is 10.1 Å². The van der Waals surface area contributed by atoms with Crippen LogP contribution in [0.4, 0.5) is 5.69 Å². The van der Waals surface area contributed by atoms with E-state index in [0.717, 1.165) is 35.1 Å². The summed E-state index contributed by atoms with van der Waals surface area (Å²) in [5.74, 6) is 1.30. The minimum absolute atomic E-state index is 0.115. The van der Waals surface area contributed by atoms with Gasteiger partial charge < -0.3 is 14.6 Å². The minimum atomic E-state index is -0.356. The number of thioether (sulfide) groups is 1. The predicted molar refractivity (Wildman–Crippen MR) is 115 cm³/mol. The second-order valence-electron chi connectivity index (χ2n) is 6.65. The van der Waals surface area contributed by atoms with E-state index in [1.54, 1.807) is 19.5 Å². The molecular formula is C21H25N5O2S. The first-order valence-corrected chi connectivity index (χ1v) is 10.4. The highest BCUT2D eigenvalue weighted by Crippen LogP contribution is 2.29. The van der Waals surface area contributed by atoms with Crippen molar-refractivity contribution in [3.8, 4) is 17.1 Å². The normalized spacial score (nSPS) is 11.9. The lowest BCUT2D eigenvalue weighted by molar-refractivity contribution is -0.115. The Kier molecular flexibility index (Phi) is 6.87. The number of nitrogens with one attached hydrogen (secondary N) is 1. The van der Waals surface area contributed by atoms with E-state index < -0.39 is 0 Å². The number of benzene rings is 1. The number of anilines is 1. The molecule has 1 N–H and O–H groups in total. The number of ether oxygens (including phenoxy) is 1. The fourth-order valence-electron chi connectivity index (χ4n) is 2.88. The van der Waals surface area contributed by atoms with Crippen LogP contribution in [0, 0.1) is 6.92 Å². The zero-order valence-corrected chi connectivity index (χ0v) is 17.9. The van der Waals surface area contributed by atoms with E-state index in [0.29, 0.717) is 11.4 Å². The van der Waals surface area contributed by atoms with Gasteiger partial charge in [-0.25, -0.2) is 0 Å².